The fourth-order valence-corrected chi connectivity index (χ4v) is 1.64. The van der Waals surface area contributed by atoms with Gasteiger partial charge in [-0.3, -0.25) is 4.90 Å². The number of cyclic esters (lactones) is 1. The lowest BCUT2D eigenvalue weighted by Gasteiger charge is -2.37. The number of nitrogens with two attached hydrogens (primary N) is 1. The molecule has 2 saturated heterocycles. The molecule has 0 spiro atoms. The third kappa shape index (κ3) is 0.899. The minimum Gasteiger partial charge on any atom is -0.447 e. The Hall–Kier alpha value is -0.810. The lowest BCUT2D eigenvalue weighted by atomic mass is 10.0. The van der Waals surface area contributed by atoms with Gasteiger partial charge in [0.25, 0.3) is 0 Å². The van der Waals surface area contributed by atoms with Crippen LogP contribution in [0.2, 0.25) is 0 Å². The molecule has 2 rings (SSSR count). The van der Waals surface area contributed by atoms with Gasteiger partial charge in [-0.15, -0.1) is 0 Å². The van der Waals surface area contributed by atoms with Crippen molar-refractivity contribution in [2.75, 3.05) is 32.9 Å². The van der Waals surface area contributed by atoms with Gasteiger partial charge in [0.15, 0.2) is 0 Å². The van der Waals surface area contributed by atoms with E-state index in [2.05, 4.69) is 0 Å². The summed E-state index contributed by atoms with van der Waals surface area (Å²) in [5.74, 6) is 0. The van der Waals surface area contributed by atoms with Gasteiger partial charge in [-0.05, 0) is 0 Å². The van der Waals surface area contributed by atoms with Gasteiger partial charge in [-0.1, -0.05) is 0 Å². The Balaban J connectivity index is 2.22. The van der Waals surface area contributed by atoms with E-state index in [0.717, 1.165) is 0 Å². The normalized spacial score (nSPS) is 34.8. The number of hydrogen-bond donors (Lipinski definition) is 1. The smallest absolute Gasteiger partial charge is 0.410 e. The molecule has 68 valence electrons. The molecule has 2 N–H and O–H groups in total. The van der Waals surface area contributed by atoms with Crippen LogP contribution >= 0.6 is 0 Å². The Morgan fingerprint density at radius 1 is 1.58 bits per heavy atom. The summed E-state index contributed by atoms with van der Waals surface area (Å²) in [4.78, 5) is 12.8. The quantitative estimate of drug-likeness (QED) is 0.560. The third-order valence-electron chi connectivity index (χ3n) is 2.47. The molecule has 0 saturated carbocycles. The van der Waals surface area contributed by atoms with Crippen molar-refractivity contribution < 1.29 is 14.3 Å². The average molecular weight is 172 g/mol. The maximum atomic E-state index is 11.2. The second kappa shape index (κ2) is 2.60. The average Bonchev–Trinajstić information content (AvgIpc) is 2.46. The van der Waals surface area contributed by atoms with E-state index in [1.54, 1.807) is 4.90 Å². The van der Waals surface area contributed by atoms with E-state index in [0.29, 0.717) is 32.9 Å². The molecular weight excluding hydrogens is 160 g/mol. The predicted molar refractivity (Wildman–Crippen MR) is 40.7 cm³/mol. The fourth-order valence-electron chi connectivity index (χ4n) is 1.64. The molecule has 5 nitrogen and oxygen atoms in total. The van der Waals surface area contributed by atoms with Gasteiger partial charge < -0.3 is 15.2 Å². The zero-order valence-corrected chi connectivity index (χ0v) is 6.78. The van der Waals surface area contributed by atoms with Crippen molar-refractivity contribution in [2.24, 2.45) is 5.73 Å². The van der Waals surface area contributed by atoms with Crippen LogP contribution in [0.5, 0.6) is 0 Å². The molecule has 2 aliphatic rings. The SMILES string of the molecule is NC[C@@]12COCCN1C(=O)OC2. The van der Waals surface area contributed by atoms with Crippen molar-refractivity contribution in [1.82, 2.24) is 4.90 Å². The molecule has 2 heterocycles. The highest BCUT2D eigenvalue weighted by atomic mass is 16.6. The number of amides is 1. The van der Waals surface area contributed by atoms with Crippen molar-refractivity contribution in [3.63, 3.8) is 0 Å². The van der Waals surface area contributed by atoms with Crippen molar-refractivity contribution in [3.05, 3.63) is 0 Å². The zero-order chi connectivity index (χ0) is 8.60. The Kier molecular flexibility index (Phi) is 1.69. The molecule has 0 bridgehead atoms. The minimum atomic E-state index is -0.380. The van der Waals surface area contributed by atoms with E-state index in [4.69, 9.17) is 15.2 Å². The molecule has 5 heteroatoms. The second-order valence-electron chi connectivity index (χ2n) is 3.19. The number of rotatable bonds is 1. The first-order valence-corrected chi connectivity index (χ1v) is 4.01. The van der Waals surface area contributed by atoms with Crippen LogP contribution in [0.1, 0.15) is 0 Å². The van der Waals surface area contributed by atoms with E-state index in [1.807, 2.05) is 0 Å². The molecule has 0 aliphatic carbocycles. The Morgan fingerprint density at radius 2 is 2.42 bits per heavy atom. The van der Waals surface area contributed by atoms with Gasteiger partial charge in [-0.25, -0.2) is 4.79 Å². The van der Waals surface area contributed by atoms with Crippen LogP contribution in [0.4, 0.5) is 4.79 Å². The molecule has 0 aromatic heterocycles. The lowest BCUT2D eigenvalue weighted by Crippen LogP contribution is -2.59. The maximum Gasteiger partial charge on any atom is 0.410 e. The Bertz CT molecular complexity index is 209. The first-order chi connectivity index (χ1) is 5.78. The predicted octanol–water partition coefficient (Wildman–Crippen LogP) is -0.834. The third-order valence-corrected chi connectivity index (χ3v) is 2.47. The van der Waals surface area contributed by atoms with Crippen LogP contribution in [0.3, 0.4) is 0 Å². The first kappa shape index (κ1) is 7.82. The lowest BCUT2D eigenvalue weighted by molar-refractivity contribution is -0.0227. The summed E-state index contributed by atoms with van der Waals surface area (Å²) in [6.45, 7) is 2.43. The topological polar surface area (TPSA) is 64.8 Å². The van der Waals surface area contributed by atoms with Gasteiger partial charge in [0, 0.05) is 13.1 Å². The largest absolute Gasteiger partial charge is 0.447 e. The van der Waals surface area contributed by atoms with Crippen molar-refractivity contribution >= 4 is 6.09 Å². The molecule has 1 atom stereocenters. The fraction of sp³-hybridized carbons (Fsp3) is 0.857. The Morgan fingerprint density at radius 3 is 3.08 bits per heavy atom. The summed E-state index contributed by atoms with van der Waals surface area (Å²) in [6.07, 6.45) is -0.260. The van der Waals surface area contributed by atoms with Crippen molar-refractivity contribution in [2.45, 2.75) is 5.54 Å². The molecule has 0 unspecified atom stereocenters. The summed E-state index contributed by atoms with van der Waals surface area (Å²) in [5, 5.41) is 0. The number of ether oxygens (including phenoxy) is 2. The standard InChI is InChI=1S/C7H12N2O3/c8-3-7-4-11-2-1-9(7)6(10)12-5-7/h1-5,8H2/t7-/m0/s1. The molecular formula is C7H12N2O3. The molecule has 0 aromatic rings. The van der Waals surface area contributed by atoms with E-state index >= 15 is 0 Å². The van der Waals surface area contributed by atoms with Gasteiger partial charge in [0.05, 0.1) is 13.2 Å². The summed E-state index contributed by atoms with van der Waals surface area (Å²) in [6, 6.07) is 0. The monoisotopic (exact) mass is 172 g/mol. The maximum absolute atomic E-state index is 11.2. The minimum absolute atomic E-state index is 0.260. The van der Waals surface area contributed by atoms with Crippen molar-refractivity contribution in [3.8, 4) is 0 Å². The number of morpholine rings is 1. The van der Waals surface area contributed by atoms with Gasteiger partial charge in [-0.2, -0.15) is 0 Å². The number of carbonyl (C=O) groups is 1. The molecule has 0 radical (unpaired) electrons. The van der Waals surface area contributed by atoms with Crippen LogP contribution in [0.25, 0.3) is 0 Å². The second-order valence-corrected chi connectivity index (χ2v) is 3.19. The van der Waals surface area contributed by atoms with Crippen molar-refractivity contribution in [1.29, 1.82) is 0 Å². The van der Waals surface area contributed by atoms with Crippen LogP contribution < -0.4 is 5.73 Å². The van der Waals surface area contributed by atoms with E-state index < -0.39 is 0 Å². The zero-order valence-electron chi connectivity index (χ0n) is 6.78. The molecule has 2 fully saturated rings. The summed E-state index contributed by atoms with van der Waals surface area (Å²) >= 11 is 0. The highest BCUT2D eigenvalue weighted by Gasteiger charge is 2.48. The van der Waals surface area contributed by atoms with Gasteiger partial charge in [0.1, 0.15) is 12.1 Å². The highest BCUT2D eigenvalue weighted by Crippen LogP contribution is 2.26. The number of fused-ring (bicyclic) bond motifs is 1. The summed E-state index contributed by atoms with van der Waals surface area (Å²) in [7, 11) is 0. The molecule has 1 amide bonds. The van der Waals surface area contributed by atoms with Crippen LogP contribution in [0, 0.1) is 0 Å². The highest BCUT2D eigenvalue weighted by molar-refractivity contribution is 5.71. The van der Waals surface area contributed by atoms with E-state index in [9.17, 15) is 4.79 Å². The van der Waals surface area contributed by atoms with Crippen LogP contribution in [0.15, 0.2) is 0 Å². The first-order valence-electron chi connectivity index (χ1n) is 4.01. The molecule has 0 aromatic carbocycles. The van der Waals surface area contributed by atoms with E-state index in [1.165, 1.54) is 0 Å². The number of hydrogen-bond acceptors (Lipinski definition) is 4. The van der Waals surface area contributed by atoms with Crippen LogP contribution in [-0.2, 0) is 9.47 Å². The number of carbonyl (C=O) groups excluding carboxylic acids is 1. The molecule has 12 heavy (non-hydrogen) atoms. The van der Waals surface area contributed by atoms with Gasteiger partial charge in [0.2, 0.25) is 0 Å². The molecule has 2 aliphatic heterocycles. The van der Waals surface area contributed by atoms with Gasteiger partial charge >= 0.3 is 6.09 Å². The summed E-state index contributed by atoms with van der Waals surface area (Å²) in [5.41, 5.74) is 5.21. The van der Waals surface area contributed by atoms with E-state index in [-0.39, 0.29) is 11.6 Å². The summed E-state index contributed by atoms with van der Waals surface area (Å²) < 4.78 is 10.2. The van der Waals surface area contributed by atoms with Crippen LogP contribution in [-0.4, -0.2) is 49.4 Å². The number of nitrogens with zero attached hydrogens (tertiary/aromatic N) is 1. The Labute approximate surface area is 70.4 Å².